The van der Waals surface area contributed by atoms with Gasteiger partial charge in [0.25, 0.3) is 0 Å². The number of nitrogens with zero attached hydrogens (tertiary/aromatic N) is 1. The van der Waals surface area contributed by atoms with Gasteiger partial charge in [0.2, 0.25) is 0 Å². The van der Waals surface area contributed by atoms with Crippen LogP contribution in [0, 0.1) is 0 Å². The van der Waals surface area contributed by atoms with Crippen LogP contribution in [0.4, 0.5) is 5.69 Å². The number of benzene rings is 2. The van der Waals surface area contributed by atoms with E-state index < -0.39 is 0 Å². The van der Waals surface area contributed by atoms with E-state index in [9.17, 15) is 0 Å². The molecule has 0 aromatic heterocycles. The Labute approximate surface area is 107 Å². The number of aliphatic imine (C=N–C) groups is 1. The lowest BCUT2D eigenvalue weighted by Crippen LogP contribution is -1.93. The molecule has 2 heteroatoms. The maximum absolute atomic E-state index is 5.15. The lowest BCUT2D eigenvalue weighted by Gasteiger charge is -2.02. The minimum Gasteiger partial charge on any atom is -0.497 e. The fourth-order valence-electron chi connectivity index (χ4n) is 2.34. The molecule has 0 unspecified atom stereocenters. The van der Waals surface area contributed by atoms with E-state index in [1.807, 2.05) is 24.3 Å². The van der Waals surface area contributed by atoms with E-state index in [-0.39, 0.29) is 0 Å². The minimum atomic E-state index is 0.866. The summed E-state index contributed by atoms with van der Waals surface area (Å²) in [5.74, 6) is 0.866. The Bertz CT molecular complexity index is 584. The van der Waals surface area contributed by atoms with Crippen molar-refractivity contribution in [2.24, 2.45) is 4.99 Å². The van der Waals surface area contributed by atoms with Crippen LogP contribution in [0.2, 0.25) is 0 Å². The molecule has 18 heavy (non-hydrogen) atoms. The van der Waals surface area contributed by atoms with Gasteiger partial charge < -0.3 is 4.74 Å². The molecule has 0 bridgehead atoms. The second kappa shape index (κ2) is 4.65. The van der Waals surface area contributed by atoms with Crippen LogP contribution in [0.15, 0.2) is 53.5 Å². The average Bonchev–Trinajstić information content (AvgIpc) is 2.83. The largest absolute Gasteiger partial charge is 0.497 e. The molecular weight excluding hydrogens is 222 g/mol. The van der Waals surface area contributed by atoms with Gasteiger partial charge in [0.15, 0.2) is 0 Å². The van der Waals surface area contributed by atoms with Crippen LogP contribution in [-0.4, -0.2) is 12.8 Å². The molecule has 0 atom stereocenters. The van der Waals surface area contributed by atoms with Crippen LogP contribution in [0.5, 0.6) is 5.75 Å². The summed E-state index contributed by atoms with van der Waals surface area (Å²) in [5, 5.41) is 0. The van der Waals surface area contributed by atoms with Crippen molar-refractivity contribution in [2.45, 2.75) is 12.8 Å². The summed E-state index contributed by atoms with van der Waals surface area (Å²) in [6.07, 6.45) is 2.14. The normalized spacial score (nSPS) is 15.7. The van der Waals surface area contributed by atoms with Crippen molar-refractivity contribution in [2.75, 3.05) is 7.11 Å². The molecule has 2 aromatic carbocycles. The summed E-state index contributed by atoms with van der Waals surface area (Å²) in [6.45, 7) is 0. The maximum atomic E-state index is 5.15. The van der Waals surface area contributed by atoms with E-state index >= 15 is 0 Å². The molecule has 0 saturated carbocycles. The highest BCUT2D eigenvalue weighted by atomic mass is 16.5. The fraction of sp³-hybridized carbons (Fsp3) is 0.188. The van der Waals surface area contributed by atoms with Crippen molar-refractivity contribution >= 4 is 11.4 Å². The zero-order valence-corrected chi connectivity index (χ0v) is 10.4. The number of aryl methyl sites for hydroxylation is 1. The molecule has 0 fully saturated rings. The Hall–Kier alpha value is -2.09. The van der Waals surface area contributed by atoms with Crippen molar-refractivity contribution in [3.8, 4) is 5.75 Å². The Morgan fingerprint density at radius 2 is 1.72 bits per heavy atom. The standard InChI is InChI=1S/C16H15NO/c1-18-14-9-7-13(8-10-14)17-16-11-6-12-4-2-3-5-15(12)16/h2-5,7-10H,6,11H2,1H3. The first kappa shape index (κ1) is 11.0. The van der Waals surface area contributed by atoms with E-state index in [0.717, 1.165) is 24.3 Å². The molecule has 0 aliphatic heterocycles. The van der Waals surface area contributed by atoms with Crippen LogP contribution >= 0.6 is 0 Å². The quantitative estimate of drug-likeness (QED) is 0.779. The highest BCUT2D eigenvalue weighted by molar-refractivity contribution is 6.05. The summed E-state index contributed by atoms with van der Waals surface area (Å²) < 4.78 is 5.15. The second-order valence-electron chi connectivity index (χ2n) is 4.41. The molecule has 0 saturated heterocycles. The number of fused-ring (bicyclic) bond motifs is 1. The molecule has 0 N–H and O–H groups in total. The van der Waals surface area contributed by atoms with Crippen molar-refractivity contribution in [1.29, 1.82) is 0 Å². The summed E-state index contributed by atoms with van der Waals surface area (Å²) in [6, 6.07) is 16.4. The Balaban J connectivity index is 1.93. The topological polar surface area (TPSA) is 21.6 Å². The molecule has 2 nitrogen and oxygen atoms in total. The van der Waals surface area contributed by atoms with Gasteiger partial charge in [-0.3, -0.25) is 4.99 Å². The van der Waals surface area contributed by atoms with Crippen LogP contribution in [0.1, 0.15) is 17.5 Å². The van der Waals surface area contributed by atoms with Gasteiger partial charge in [-0.25, -0.2) is 0 Å². The molecule has 2 aromatic rings. The molecule has 1 aliphatic rings. The van der Waals surface area contributed by atoms with Gasteiger partial charge in [0.1, 0.15) is 5.75 Å². The fourth-order valence-corrected chi connectivity index (χ4v) is 2.34. The molecule has 0 radical (unpaired) electrons. The van der Waals surface area contributed by atoms with Gasteiger partial charge in [-0.1, -0.05) is 24.3 Å². The van der Waals surface area contributed by atoms with Gasteiger partial charge in [0.05, 0.1) is 12.8 Å². The molecule has 3 rings (SSSR count). The Kier molecular flexibility index (Phi) is 2.85. The van der Waals surface area contributed by atoms with Crippen LogP contribution in [0.25, 0.3) is 0 Å². The first-order chi connectivity index (χ1) is 8.86. The number of ether oxygens (including phenoxy) is 1. The van der Waals surface area contributed by atoms with Gasteiger partial charge >= 0.3 is 0 Å². The highest BCUT2D eigenvalue weighted by Gasteiger charge is 2.16. The predicted octanol–water partition coefficient (Wildman–Crippen LogP) is 3.76. The van der Waals surface area contributed by atoms with Crippen LogP contribution in [-0.2, 0) is 6.42 Å². The smallest absolute Gasteiger partial charge is 0.119 e. The number of hydrogen-bond donors (Lipinski definition) is 0. The Morgan fingerprint density at radius 1 is 0.944 bits per heavy atom. The van der Waals surface area contributed by atoms with E-state index in [1.54, 1.807) is 7.11 Å². The van der Waals surface area contributed by atoms with Crippen molar-refractivity contribution in [1.82, 2.24) is 0 Å². The van der Waals surface area contributed by atoms with Crippen molar-refractivity contribution in [3.63, 3.8) is 0 Å². The van der Waals surface area contributed by atoms with Crippen LogP contribution in [0.3, 0.4) is 0 Å². The lowest BCUT2D eigenvalue weighted by molar-refractivity contribution is 0.415. The molecular formula is C16H15NO. The second-order valence-corrected chi connectivity index (χ2v) is 4.41. The molecule has 0 amide bonds. The van der Waals surface area contributed by atoms with E-state index in [4.69, 9.17) is 9.73 Å². The number of rotatable bonds is 2. The molecule has 0 spiro atoms. The van der Waals surface area contributed by atoms with E-state index in [0.29, 0.717) is 0 Å². The maximum Gasteiger partial charge on any atom is 0.119 e. The minimum absolute atomic E-state index is 0.866. The van der Waals surface area contributed by atoms with Gasteiger partial charge in [-0.05, 0) is 48.2 Å². The highest BCUT2D eigenvalue weighted by Crippen LogP contribution is 2.26. The van der Waals surface area contributed by atoms with Crippen molar-refractivity contribution in [3.05, 3.63) is 59.7 Å². The summed E-state index contributed by atoms with van der Waals surface area (Å²) in [5.41, 5.74) is 4.89. The molecule has 90 valence electrons. The SMILES string of the molecule is COc1ccc(N=C2CCc3ccccc32)cc1. The molecule has 0 heterocycles. The lowest BCUT2D eigenvalue weighted by atomic mass is 10.1. The third-order valence-electron chi connectivity index (χ3n) is 3.30. The van der Waals surface area contributed by atoms with E-state index in [2.05, 4.69) is 24.3 Å². The van der Waals surface area contributed by atoms with Gasteiger partial charge in [0, 0.05) is 5.71 Å². The van der Waals surface area contributed by atoms with Gasteiger partial charge in [-0.15, -0.1) is 0 Å². The molecule has 1 aliphatic carbocycles. The Morgan fingerprint density at radius 3 is 2.50 bits per heavy atom. The predicted molar refractivity (Wildman–Crippen MR) is 74.0 cm³/mol. The zero-order valence-electron chi connectivity index (χ0n) is 10.4. The van der Waals surface area contributed by atoms with E-state index in [1.165, 1.54) is 16.8 Å². The number of hydrogen-bond acceptors (Lipinski definition) is 2. The van der Waals surface area contributed by atoms with Crippen molar-refractivity contribution < 1.29 is 4.74 Å². The van der Waals surface area contributed by atoms with Crippen LogP contribution < -0.4 is 4.74 Å². The summed E-state index contributed by atoms with van der Waals surface area (Å²) in [7, 11) is 1.67. The average molecular weight is 237 g/mol. The zero-order chi connectivity index (χ0) is 12.4. The number of methoxy groups -OCH3 is 1. The summed E-state index contributed by atoms with van der Waals surface area (Å²) >= 11 is 0. The first-order valence-electron chi connectivity index (χ1n) is 6.17. The third kappa shape index (κ3) is 2.02. The van der Waals surface area contributed by atoms with Gasteiger partial charge in [-0.2, -0.15) is 0 Å². The summed E-state index contributed by atoms with van der Waals surface area (Å²) in [4.78, 5) is 4.74. The monoisotopic (exact) mass is 237 g/mol. The third-order valence-corrected chi connectivity index (χ3v) is 3.30. The first-order valence-corrected chi connectivity index (χ1v) is 6.17.